The Morgan fingerprint density at radius 3 is 2.50 bits per heavy atom. The maximum Gasteiger partial charge on any atom is 0.343 e. The Morgan fingerprint density at radius 2 is 1.88 bits per heavy atom. The van der Waals surface area contributed by atoms with Gasteiger partial charge in [0.05, 0.1) is 23.8 Å². The van der Waals surface area contributed by atoms with Crippen LogP contribution in [-0.2, 0) is 4.79 Å². The maximum absolute atomic E-state index is 12.5. The van der Waals surface area contributed by atoms with Crippen LogP contribution in [0.3, 0.4) is 0 Å². The number of benzene rings is 2. The Bertz CT molecular complexity index is 1250. The standard InChI is InChI=1S/C23H23N5O6/c1-14-21(28(31)32)15(2)27(26-14)16(3)22(29)25-24-13-17-6-5-7-20(12-17)34-23(30)18-8-10-19(33-4)11-9-18/h5-13,16H,1-4H3,(H,25,29)/b24-13+. The van der Waals surface area contributed by atoms with Crippen molar-refractivity contribution in [2.45, 2.75) is 26.8 Å². The summed E-state index contributed by atoms with van der Waals surface area (Å²) in [7, 11) is 1.54. The highest BCUT2D eigenvalue weighted by Gasteiger charge is 2.26. The van der Waals surface area contributed by atoms with Gasteiger partial charge in [-0.1, -0.05) is 12.1 Å². The maximum atomic E-state index is 12.5. The molecule has 1 N–H and O–H groups in total. The molecule has 0 saturated carbocycles. The van der Waals surface area contributed by atoms with Crippen molar-refractivity contribution in [1.82, 2.24) is 15.2 Å². The molecule has 176 valence electrons. The highest BCUT2D eigenvalue weighted by atomic mass is 16.6. The number of methoxy groups -OCH3 is 1. The lowest BCUT2D eigenvalue weighted by Crippen LogP contribution is -2.28. The number of ether oxygens (including phenoxy) is 2. The zero-order valence-corrected chi connectivity index (χ0v) is 19.0. The highest BCUT2D eigenvalue weighted by molar-refractivity contribution is 5.91. The Morgan fingerprint density at radius 1 is 1.18 bits per heavy atom. The monoisotopic (exact) mass is 465 g/mol. The molecule has 0 aliphatic heterocycles. The molecule has 1 aromatic heterocycles. The zero-order valence-electron chi connectivity index (χ0n) is 19.0. The molecule has 11 nitrogen and oxygen atoms in total. The summed E-state index contributed by atoms with van der Waals surface area (Å²) in [6.07, 6.45) is 1.39. The number of hydrogen-bond donors (Lipinski definition) is 1. The number of hydrogen-bond acceptors (Lipinski definition) is 8. The molecule has 0 aliphatic rings. The van der Waals surface area contributed by atoms with Crippen LogP contribution in [0.5, 0.6) is 11.5 Å². The van der Waals surface area contributed by atoms with Crippen LogP contribution >= 0.6 is 0 Å². The van der Waals surface area contributed by atoms with Gasteiger partial charge in [-0.2, -0.15) is 10.2 Å². The molecule has 34 heavy (non-hydrogen) atoms. The number of nitrogens with one attached hydrogen (secondary N) is 1. The summed E-state index contributed by atoms with van der Waals surface area (Å²) in [6.45, 7) is 4.61. The summed E-state index contributed by atoms with van der Waals surface area (Å²) in [5, 5.41) is 19.2. The average Bonchev–Trinajstić information content (AvgIpc) is 3.12. The number of aryl methyl sites for hydroxylation is 1. The van der Waals surface area contributed by atoms with E-state index in [9.17, 15) is 19.7 Å². The first-order chi connectivity index (χ1) is 16.2. The number of aromatic nitrogens is 2. The molecule has 0 fully saturated rings. The van der Waals surface area contributed by atoms with Gasteiger partial charge in [-0.3, -0.25) is 19.6 Å². The SMILES string of the molecule is COc1ccc(C(=O)Oc2cccc(/C=N/NC(=O)C(C)n3nc(C)c([N+](=O)[O-])c3C)c2)cc1. The summed E-state index contributed by atoms with van der Waals surface area (Å²) in [5.74, 6) is -0.0988. The number of nitrogens with zero attached hydrogens (tertiary/aromatic N) is 4. The molecular weight excluding hydrogens is 442 g/mol. The molecule has 1 heterocycles. The van der Waals surface area contributed by atoms with E-state index in [1.807, 2.05) is 0 Å². The van der Waals surface area contributed by atoms with Crippen molar-refractivity contribution in [3.05, 3.63) is 81.2 Å². The van der Waals surface area contributed by atoms with E-state index in [4.69, 9.17) is 9.47 Å². The molecule has 0 saturated heterocycles. The van der Waals surface area contributed by atoms with E-state index in [1.54, 1.807) is 55.5 Å². The van der Waals surface area contributed by atoms with Gasteiger partial charge in [-0.05, 0) is 62.7 Å². The summed E-state index contributed by atoms with van der Waals surface area (Å²) in [4.78, 5) is 35.4. The number of carbonyl (C=O) groups excluding carboxylic acids is 2. The van der Waals surface area contributed by atoms with Crippen LogP contribution in [0.2, 0.25) is 0 Å². The topological polar surface area (TPSA) is 138 Å². The summed E-state index contributed by atoms with van der Waals surface area (Å²) < 4.78 is 11.7. The third-order valence-electron chi connectivity index (χ3n) is 5.00. The molecule has 2 aromatic carbocycles. The Labute approximate surface area is 195 Å². The van der Waals surface area contributed by atoms with Gasteiger partial charge in [0.1, 0.15) is 28.9 Å². The van der Waals surface area contributed by atoms with Crippen molar-refractivity contribution >= 4 is 23.8 Å². The van der Waals surface area contributed by atoms with E-state index in [1.165, 1.54) is 31.9 Å². The molecule has 0 aliphatic carbocycles. The number of carbonyl (C=O) groups is 2. The predicted molar refractivity (Wildman–Crippen MR) is 123 cm³/mol. The first-order valence-corrected chi connectivity index (χ1v) is 10.2. The molecular formula is C23H23N5O6. The molecule has 1 atom stereocenters. The zero-order chi connectivity index (χ0) is 24.8. The van der Waals surface area contributed by atoms with Gasteiger partial charge in [0.25, 0.3) is 5.91 Å². The molecule has 0 bridgehead atoms. The fourth-order valence-electron chi connectivity index (χ4n) is 3.22. The molecule has 3 rings (SSSR count). The number of esters is 1. The Kier molecular flexibility index (Phi) is 7.36. The Balaban J connectivity index is 1.63. The van der Waals surface area contributed by atoms with Crippen molar-refractivity contribution < 1.29 is 24.0 Å². The van der Waals surface area contributed by atoms with Gasteiger partial charge in [0.15, 0.2) is 0 Å². The molecule has 1 amide bonds. The fourth-order valence-corrected chi connectivity index (χ4v) is 3.22. The average molecular weight is 465 g/mol. The predicted octanol–water partition coefficient (Wildman–Crippen LogP) is 3.35. The van der Waals surface area contributed by atoms with Gasteiger partial charge in [-0.15, -0.1) is 0 Å². The van der Waals surface area contributed by atoms with Gasteiger partial charge >= 0.3 is 11.7 Å². The normalized spacial score (nSPS) is 11.8. The summed E-state index contributed by atoms with van der Waals surface area (Å²) >= 11 is 0. The lowest BCUT2D eigenvalue weighted by atomic mass is 10.2. The first kappa shape index (κ1) is 24.1. The van der Waals surface area contributed by atoms with Crippen molar-refractivity contribution in [1.29, 1.82) is 0 Å². The Hall–Kier alpha value is -4.54. The second kappa shape index (κ2) is 10.4. The fraction of sp³-hybridized carbons (Fsp3) is 0.217. The molecule has 0 radical (unpaired) electrons. The van der Waals surface area contributed by atoms with E-state index >= 15 is 0 Å². The molecule has 0 spiro atoms. The van der Waals surface area contributed by atoms with Crippen molar-refractivity contribution in [2.24, 2.45) is 5.10 Å². The minimum Gasteiger partial charge on any atom is -0.497 e. The van der Waals surface area contributed by atoms with Crippen LogP contribution in [-0.4, -0.2) is 39.9 Å². The van der Waals surface area contributed by atoms with Crippen molar-refractivity contribution in [3.63, 3.8) is 0 Å². The van der Waals surface area contributed by atoms with Crippen molar-refractivity contribution in [3.8, 4) is 11.5 Å². The van der Waals surface area contributed by atoms with E-state index in [-0.39, 0.29) is 17.1 Å². The smallest absolute Gasteiger partial charge is 0.343 e. The number of rotatable bonds is 8. The van der Waals surface area contributed by atoms with Crippen LogP contribution in [0.4, 0.5) is 5.69 Å². The quantitative estimate of drug-likeness (QED) is 0.177. The number of hydrazone groups is 1. The third kappa shape index (κ3) is 5.44. The molecule has 11 heteroatoms. The van der Waals surface area contributed by atoms with E-state index < -0.39 is 22.8 Å². The number of amides is 1. The van der Waals surface area contributed by atoms with Crippen LogP contribution in [0.1, 0.15) is 40.3 Å². The molecule has 3 aromatic rings. The minimum atomic E-state index is -0.818. The van der Waals surface area contributed by atoms with Crippen molar-refractivity contribution in [2.75, 3.05) is 7.11 Å². The van der Waals surface area contributed by atoms with Crippen LogP contribution in [0, 0.1) is 24.0 Å². The largest absolute Gasteiger partial charge is 0.497 e. The van der Waals surface area contributed by atoms with Crippen LogP contribution in [0.25, 0.3) is 0 Å². The second-order valence-electron chi connectivity index (χ2n) is 7.32. The lowest BCUT2D eigenvalue weighted by Gasteiger charge is -2.11. The van der Waals surface area contributed by atoms with Crippen LogP contribution < -0.4 is 14.9 Å². The summed E-state index contributed by atoms with van der Waals surface area (Å²) in [5.41, 5.74) is 3.72. The van der Waals surface area contributed by atoms with E-state index in [0.717, 1.165) is 0 Å². The van der Waals surface area contributed by atoms with Gasteiger partial charge in [0, 0.05) is 0 Å². The first-order valence-electron chi connectivity index (χ1n) is 10.2. The third-order valence-corrected chi connectivity index (χ3v) is 5.00. The molecule has 1 unspecified atom stereocenters. The van der Waals surface area contributed by atoms with E-state index in [0.29, 0.717) is 22.6 Å². The minimum absolute atomic E-state index is 0.121. The van der Waals surface area contributed by atoms with Gasteiger partial charge in [0.2, 0.25) is 0 Å². The van der Waals surface area contributed by atoms with Gasteiger partial charge < -0.3 is 9.47 Å². The second-order valence-corrected chi connectivity index (χ2v) is 7.32. The van der Waals surface area contributed by atoms with Gasteiger partial charge in [-0.25, -0.2) is 10.2 Å². The lowest BCUT2D eigenvalue weighted by molar-refractivity contribution is -0.386. The number of nitro groups is 1. The summed E-state index contributed by atoms with van der Waals surface area (Å²) in [6, 6.07) is 12.3. The highest BCUT2D eigenvalue weighted by Crippen LogP contribution is 2.24. The van der Waals surface area contributed by atoms with E-state index in [2.05, 4.69) is 15.6 Å². The van der Waals surface area contributed by atoms with Crippen LogP contribution in [0.15, 0.2) is 53.6 Å².